The average Bonchev–Trinajstić information content (AvgIpc) is 3.30. The van der Waals surface area contributed by atoms with Gasteiger partial charge in [0.1, 0.15) is 11.6 Å². The maximum absolute atomic E-state index is 14.1. The van der Waals surface area contributed by atoms with Gasteiger partial charge >= 0.3 is 0 Å². The molecule has 0 amide bonds. The lowest BCUT2D eigenvalue weighted by Gasteiger charge is -2.51. The second-order valence-corrected chi connectivity index (χ2v) is 13.0. The molecule has 4 heterocycles. The van der Waals surface area contributed by atoms with Crippen LogP contribution in [-0.2, 0) is 6.54 Å². The molecule has 1 aromatic carbocycles. The third kappa shape index (κ3) is 4.53. The Morgan fingerprint density at radius 2 is 2.06 bits per heavy atom. The van der Waals surface area contributed by atoms with Crippen molar-refractivity contribution in [3.05, 3.63) is 64.5 Å². The van der Waals surface area contributed by atoms with Crippen LogP contribution < -0.4 is 4.31 Å². The van der Waals surface area contributed by atoms with Gasteiger partial charge in [0.2, 0.25) is 0 Å². The monoisotopic (exact) mass is 538 g/mol. The maximum atomic E-state index is 14.1. The number of thiophene rings is 1. The van der Waals surface area contributed by atoms with Crippen molar-refractivity contribution in [3.8, 4) is 16.2 Å². The predicted octanol–water partition coefficient (Wildman–Crippen LogP) is 6.06. The highest BCUT2D eigenvalue weighted by molar-refractivity contribution is 8.23. The summed E-state index contributed by atoms with van der Waals surface area (Å²) in [6, 6.07) is 11.7. The van der Waals surface area contributed by atoms with Gasteiger partial charge in [0, 0.05) is 43.2 Å². The summed E-state index contributed by atoms with van der Waals surface area (Å²) in [7, 11) is -1.55. The fraction of sp³-hybridized carbons (Fsp3) is 0.375. The molecule has 0 saturated carbocycles. The molecule has 0 aliphatic carbocycles. The summed E-state index contributed by atoms with van der Waals surface area (Å²) in [5, 5.41) is 10.3. The largest absolute Gasteiger partial charge is 0.506 e. The highest BCUT2D eigenvalue weighted by atomic mass is 35.5. The van der Waals surface area contributed by atoms with Gasteiger partial charge in [-0.15, -0.1) is 11.3 Å². The van der Waals surface area contributed by atoms with Crippen molar-refractivity contribution < 1.29 is 18.6 Å². The molecule has 3 aromatic rings. The van der Waals surface area contributed by atoms with Crippen LogP contribution in [0.1, 0.15) is 25.5 Å². The number of benzene rings is 1. The molecule has 0 bridgehead atoms. The summed E-state index contributed by atoms with van der Waals surface area (Å²) in [6.07, 6.45) is 2.83. The van der Waals surface area contributed by atoms with Crippen molar-refractivity contribution in [2.45, 2.75) is 37.9 Å². The molecule has 2 atom stereocenters. The first-order valence-corrected chi connectivity index (χ1v) is 14.0. The fourth-order valence-electron chi connectivity index (χ4n) is 5.34. The zero-order valence-corrected chi connectivity index (χ0v) is 21.8. The van der Waals surface area contributed by atoms with E-state index in [0.717, 1.165) is 10.6 Å². The van der Waals surface area contributed by atoms with E-state index in [1.165, 1.54) is 29.7 Å². The van der Waals surface area contributed by atoms with Crippen molar-refractivity contribution in [2.75, 3.05) is 24.4 Å². The molecular formula is C24H28ClFN4O3S2. The van der Waals surface area contributed by atoms with Crippen LogP contribution in [0.15, 0.2) is 48.7 Å². The molecule has 2 aliphatic rings. The van der Waals surface area contributed by atoms with Gasteiger partial charge in [-0.05, 0) is 56.2 Å². The van der Waals surface area contributed by atoms with Crippen LogP contribution in [0.3, 0.4) is 0 Å². The number of halogens is 2. The number of nitrogens with zero attached hydrogens (tertiary/aromatic N) is 4. The minimum atomic E-state index is -3.25. The number of rotatable bonds is 4. The van der Waals surface area contributed by atoms with E-state index >= 15 is 0 Å². The summed E-state index contributed by atoms with van der Waals surface area (Å²) in [4.78, 5) is 7.63. The molecule has 7 nitrogen and oxygen atoms in total. The first-order chi connectivity index (χ1) is 16.6. The van der Waals surface area contributed by atoms with E-state index < -0.39 is 22.3 Å². The van der Waals surface area contributed by atoms with Gasteiger partial charge in [0.15, 0.2) is 0 Å². The standard InChI is InChI=1S/C24H28ClFN4O3S2/c1-16-12-24(15-28(2)35(32,33)30(24)19-5-3-4-17(26)10-19)8-9-29(16)14-18-11-20(21(31)13-27-18)22-6-7-23(25)34-22/h3-7,10-11,13,16,31-33H,8-9,12,14-15H2,1-2H3/t16-,24+/m0/s1. The third-order valence-electron chi connectivity index (χ3n) is 6.96. The number of hydrogen-bond donors (Lipinski definition) is 3. The minimum Gasteiger partial charge on any atom is -0.506 e. The smallest absolute Gasteiger partial charge is 0.142 e. The maximum Gasteiger partial charge on any atom is 0.142 e. The summed E-state index contributed by atoms with van der Waals surface area (Å²) < 4.78 is 40.0. The van der Waals surface area contributed by atoms with Crippen molar-refractivity contribution in [1.82, 2.24) is 14.2 Å². The van der Waals surface area contributed by atoms with Crippen LogP contribution in [0.5, 0.6) is 5.75 Å². The van der Waals surface area contributed by atoms with E-state index in [2.05, 4.69) is 16.8 Å². The van der Waals surface area contributed by atoms with Gasteiger partial charge in [-0.3, -0.25) is 23.3 Å². The van der Waals surface area contributed by atoms with Crippen LogP contribution in [0.25, 0.3) is 10.4 Å². The number of aromatic nitrogens is 1. The van der Waals surface area contributed by atoms with E-state index in [-0.39, 0.29) is 11.8 Å². The number of likely N-dealkylation sites (tertiary alicyclic amines) is 1. The van der Waals surface area contributed by atoms with Gasteiger partial charge in [-0.1, -0.05) is 28.6 Å². The summed E-state index contributed by atoms with van der Waals surface area (Å²) in [5.41, 5.74) is 1.49. The number of aromatic hydroxyl groups is 1. The van der Waals surface area contributed by atoms with E-state index in [9.17, 15) is 18.6 Å². The number of likely N-dealkylation sites (N-methyl/N-ethyl adjacent to an activating group) is 1. The Bertz CT molecular complexity index is 1240. The lowest BCUT2D eigenvalue weighted by atomic mass is 9.83. The Morgan fingerprint density at radius 3 is 2.74 bits per heavy atom. The molecule has 3 N–H and O–H groups in total. The Hall–Kier alpha value is -1.92. The van der Waals surface area contributed by atoms with E-state index in [4.69, 9.17) is 11.6 Å². The van der Waals surface area contributed by atoms with Crippen molar-refractivity contribution in [3.63, 3.8) is 0 Å². The molecule has 2 fully saturated rings. The quantitative estimate of drug-likeness (QED) is 0.372. The topological polar surface area (TPSA) is 83.3 Å². The van der Waals surface area contributed by atoms with Gasteiger partial charge in [0.05, 0.1) is 27.5 Å². The van der Waals surface area contributed by atoms with Crippen molar-refractivity contribution >= 4 is 39.6 Å². The minimum absolute atomic E-state index is 0.108. The van der Waals surface area contributed by atoms with Crippen molar-refractivity contribution in [1.29, 1.82) is 0 Å². The molecular weight excluding hydrogens is 511 g/mol. The molecule has 2 saturated heterocycles. The third-order valence-corrected chi connectivity index (χ3v) is 10.3. The SMILES string of the molecule is C[C@H]1C[C@]2(CCN1Cc1cc(-c3ccc(Cl)s3)c(O)cn1)CN(C)S(O)(O)N2c1cccc(F)c1. The Kier molecular flexibility index (Phi) is 6.50. The van der Waals surface area contributed by atoms with Crippen LogP contribution >= 0.6 is 33.9 Å². The van der Waals surface area contributed by atoms with Gasteiger partial charge in [-0.25, -0.2) is 4.39 Å². The zero-order chi connectivity index (χ0) is 25.0. The second-order valence-electron chi connectivity index (χ2n) is 9.34. The molecule has 35 heavy (non-hydrogen) atoms. The van der Waals surface area contributed by atoms with E-state index in [1.54, 1.807) is 33.9 Å². The first-order valence-electron chi connectivity index (χ1n) is 11.3. The van der Waals surface area contributed by atoms with Crippen molar-refractivity contribution in [2.24, 2.45) is 0 Å². The van der Waals surface area contributed by atoms with Gasteiger partial charge < -0.3 is 5.11 Å². The Morgan fingerprint density at radius 1 is 1.26 bits per heavy atom. The summed E-state index contributed by atoms with van der Waals surface area (Å²) in [6.45, 7) is 3.90. The highest BCUT2D eigenvalue weighted by Gasteiger charge is 2.55. The summed E-state index contributed by atoms with van der Waals surface area (Å²) in [5.74, 6) is -0.294. The fourth-order valence-corrected chi connectivity index (χ4v) is 8.24. The second kappa shape index (κ2) is 9.19. The molecule has 0 radical (unpaired) electrons. The summed E-state index contributed by atoms with van der Waals surface area (Å²) >= 11 is 7.49. The Labute approximate surface area is 215 Å². The Balaban J connectivity index is 1.38. The molecule has 2 aliphatic heterocycles. The lowest BCUT2D eigenvalue weighted by molar-refractivity contribution is 0.0992. The number of pyridine rings is 1. The van der Waals surface area contributed by atoms with E-state index in [0.29, 0.717) is 48.1 Å². The molecule has 0 unspecified atom stereocenters. The van der Waals surface area contributed by atoms with Gasteiger partial charge in [0.25, 0.3) is 0 Å². The molecule has 1 spiro atoms. The molecule has 2 aromatic heterocycles. The number of hydrogen-bond acceptors (Lipinski definition) is 8. The van der Waals surface area contributed by atoms with Crippen LogP contribution in [-0.4, -0.2) is 60.1 Å². The van der Waals surface area contributed by atoms with Crippen LogP contribution in [0.2, 0.25) is 4.34 Å². The number of anilines is 1. The van der Waals surface area contributed by atoms with E-state index in [1.807, 2.05) is 12.1 Å². The van der Waals surface area contributed by atoms with Crippen LogP contribution in [0, 0.1) is 5.82 Å². The number of piperidine rings is 1. The molecule has 188 valence electrons. The lowest BCUT2D eigenvalue weighted by Crippen LogP contribution is -2.57. The van der Waals surface area contributed by atoms with Gasteiger partial charge in [-0.2, -0.15) is 4.31 Å². The average molecular weight is 539 g/mol. The van der Waals surface area contributed by atoms with Crippen LogP contribution in [0.4, 0.5) is 10.1 Å². The first kappa shape index (κ1) is 24.8. The normalized spacial score (nSPS) is 25.9. The molecule has 5 rings (SSSR count). The highest BCUT2D eigenvalue weighted by Crippen LogP contribution is 2.61. The predicted molar refractivity (Wildman–Crippen MR) is 140 cm³/mol. The molecule has 11 heteroatoms. The zero-order valence-electron chi connectivity index (χ0n) is 19.4.